The Morgan fingerprint density at radius 2 is 1.17 bits per heavy atom. The van der Waals surface area contributed by atoms with Crippen LogP contribution >= 0.6 is 0 Å². The van der Waals surface area contributed by atoms with Gasteiger partial charge in [-0.15, -0.1) is 0 Å². The Hall–Kier alpha value is -7.42. The van der Waals surface area contributed by atoms with Crippen LogP contribution in [-0.2, 0) is 68.7 Å². The van der Waals surface area contributed by atoms with E-state index in [0.717, 1.165) is 6.92 Å². The molecule has 87 heavy (non-hydrogen) atoms. The van der Waals surface area contributed by atoms with Gasteiger partial charge in [-0.25, -0.2) is 0 Å². The number of benzene rings is 1. The van der Waals surface area contributed by atoms with Gasteiger partial charge in [-0.05, 0) is 117 Å². The highest BCUT2D eigenvalue weighted by Gasteiger charge is 2.38. The fraction of sp³-hybridized carbons (Fsp3) is 0.679. The van der Waals surface area contributed by atoms with Gasteiger partial charge in [0.25, 0.3) is 0 Å². The summed E-state index contributed by atoms with van der Waals surface area (Å²) in [5.41, 5.74) is 29.1. The number of nitrogens with one attached hydrogen (secondary N) is 11. The van der Waals surface area contributed by atoms with Crippen molar-refractivity contribution in [2.24, 2.45) is 40.0 Å². The molecule has 1 aromatic rings. The van der Waals surface area contributed by atoms with Crippen LogP contribution in [0.15, 0.2) is 30.3 Å². The number of rotatable bonds is 28. The topological polar surface area (TPSA) is 517 Å². The maximum Gasteiger partial charge on any atom is 0.311 e. The minimum Gasteiger partial charge on any atom is -0.465 e. The van der Waals surface area contributed by atoms with E-state index < -0.39 is 168 Å². The highest BCUT2D eigenvalue weighted by molar-refractivity contribution is 5.99. The first-order valence-electron chi connectivity index (χ1n) is 29.5. The molecular weight excluding hydrogens is 1140 g/mol. The molecule has 31 heteroatoms. The van der Waals surface area contributed by atoms with Crippen LogP contribution in [0, 0.1) is 11.3 Å². The monoisotopic (exact) mass is 1230 g/mol. The van der Waals surface area contributed by atoms with E-state index in [1.54, 1.807) is 65.0 Å². The number of nitrogens with two attached hydrogens (primary N) is 5. The van der Waals surface area contributed by atoms with Crippen LogP contribution in [0.4, 0.5) is 0 Å². The summed E-state index contributed by atoms with van der Waals surface area (Å²) in [6.45, 7) is 9.25. The van der Waals surface area contributed by atoms with E-state index in [9.17, 15) is 67.7 Å². The maximum atomic E-state index is 14.5. The van der Waals surface area contributed by atoms with Crippen LogP contribution in [0.3, 0.4) is 0 Å². The van der Waals surface area contributed by atoms with Gasteiger partial charge in [-0.2, -0.15) is 0 Å². The quantitative estimate of drug-likeness (QED) is 0.0347. The molecule has 31 nitrogen and oxygen atoms in total. The van der Waals surface area contributed by atoms with E-state index in [0.29, 0.717) is 12.0 Å². The van der Waals surface area contributed by atoms with Gasteiger partial charge < -0.3 is 102 Å². The van der Waals surface area contributed by atoms with Gasteiger partial charge in [0.15, 0.2) is 0 Å². The van der Waals surface area contributed by atoms with Crippen molar-refractivity contribution in [3.63, 3.8) is 0 Å². The largest absolute Gasteiger partial charge is 0.465 e. The average molecular weight is 1230 g/mol. The summed E-state index contributed by atoms with van der Waals surface area (Å²) in [5.74, 6) is -11.1. The Morgan fingerprint density at radius 1 is 0.632 bits per heavy atom. The van der Waals surface area contributed by atoms with Gasteiger partial charge in [0, 0.05) is 19.5 Å². The molecule has 0 aromatic heterocycles. The molecule has 23 N–H and O–H groups in total. The third-order valence-electron chi connectivity index (χ3n) is 14.2. The van der Waals surface area contributed by atoms with E-state index in [-0.39, 0.29) is 90.1 Å². The molecule has 490 valence electrons. The molecule has 1 saturated heterocycles. The maximum absolute atomic E-state index is 14.5. The first kappa shape index (κ1) is 75.7. The van der Waals surface area contributed by atoms with E-state index >= 15 is 0 Å². The molecule has 1 heterocycles. The van der Waals surface area contributed by atoms with Crippen LogP contribution in [0.25, 0.3) is 0 Å². The van der Waals surface area contributed by atoms with Gasteiger partial charge in [0.1, 0.15) is 67.0 Å². The minimum atomic E-state index is -1.79. The number of aliphatic hydroxyl groups is 2. The van der Waals surface area contributed by atoms with E-state index in [1.807, 2.05) is 0 Å². The molecular formula is C56H96N16O15. The molecule has 12 atom stereocenters. The molecule has 0 bridgehead atoms. The van der Waals surface area contributed by atoms with Crippen LogP contribution < -0.4 is 87.2 Å². The van der Waals surface area contributed by atoms with Gasteiger partial charge in [0.05, 0.1) is 24.0 Å². The van der Waals surface area contributed by atoms with Crippen molar-refractivity contribution in [2.45, 2.75) is 185 Å². The van der Waals surface area contributed by atoms with Crippen LogP contribution in [-0.4, -0.2) is 200 Å². The normalized spacial score (nSPS) is 22.4. The van der Waals surface area contributed by atoms with Gasteiger partial charge >= 0.3 is 5.97 Å². The summed E-state index contributed by atoms with van der Waals surface area (Å²) >= 11 is 0. The number of carbonyl (C=O) groups is 12. The van der Waals surface area contributed by atoms with Crippen LogP contribution in [0.1, 0.15) is 112 Å². The summed E-state index contributed by atoms with van der Waals surface area (Å²) in [4.78, 5) is 166. The molecule has 0 radical (unpaired) electrons. The standard InChI is InChI=1S/C56H96N16O15/c1-8-56(6,7)55(86)87-26-20-42(75)63-41(29-61)52(83)72-44(32(5)74)54(85)68-37(18-24-60)46(77)67-38-19-25-62-53(84)43(31(4)73)71-49(80)34(15-12-21-57)64-45(76)35(16-22-58)66-50(81)39(27-30(2)3)69-51(82)40(28-33-13-10-9-11-14-33)70-47(78)36(17-23-59)65-48(38)79/h9-11,13-14,30-32,34-41,43-44,73-74H,8,12,15-29,57-61H2,1-7H3,(H,62,84)(H,63,75)(H,64,76)(H,65,79)(H,66,81)(H,67,77)(H,68,85)(H,69,82)(H,70,78)(H,71,80)(H,72,83)/t31-,32?,34-,35-,36-,37-,38-,39-,40+,41-,43-,44-/m0/s1. The van der Waals surface area contributed by atoms with E-state index in [1.165, 1.54) is 6.92 Å². The first-order valence-corrected chi connectivity index (χ1v) is 29.5. The number of aliphatic hydroxyl groups excluding tert-OH is 2. The third-order valence-corrected chi connectivity index (χ3v) is 14.2. The van der Waals surface area contributed by atoms with Crippen molar-refractivity contribution >= 4 is 70.9 Å². The highest BCUT2D eigenvalue weighted by Crippen LogP contribution is 2.21. The lowest BCUT2D eigenvalue weighted by Gasteiger charge is -2.29. The van der Waals surface area contributed by atoms with Crippen LogP contribution in [0.5, 0.6) is 0 Å². The summed E-state index contributed by atoms with van der Waals surface area (Å²) in [6, 6.07) is -6.74. The van der Waals surface area contributed by atoms with E-state index in [2.05, 4.69) is 58.5 Å². The highest BCUT2D eigenvalue weighted by atomic mass is 16.5. The number of carbonyl (C=O) groups excluding carboxylic acids is 12. The van der Waals surface area contributed by atoms with E-state index in [4.69, 9.17) is 33.4 Å². The third kappa shape index (κ3) is 26.2. The molecule has 11 amide bonds. The number of ether oxygens (including phenoxy) is 1. The zero-order valence-electron chi connectivity index (χ0n) is 51.0. The Labute approximate surface area is 507 Å². The molecule has 1 unspecified atom stereocenters. The Bertz CT molecular complexity index is 2450. The fourth-order valence-corrected chi connectivity index (χ4v) is 8.67. The molecule has 0 aliphatic carbocycles. The second-order valence-electron chi connectivity index (χ2n) is 22.4. The molecule has 0 spiro atoms. The van der Waals surface area contributed by atoms with Crippen molar-refractivity contribution in [1.82, 2.24) is 58.5 Å². The second kappa shape index (κ2) is 38.7. The number of amides is 11. The number of hydrogen-bond donors (Lipinski definition) is 18. The average Bonchev–Trinajstić information content (AvgIpc) is 3.54. The predicted octanol–water partition coefficient (Wildman–Crippen LogP) is -6.48. The molecule has 1 aliphatic heterocycles. The molecule has 1 aromatic carbocycles. The summed E-state index contributed by atoms with van der Waals surface area (Å²) in [5, 5.41) is 49.2. The van der Waals surface area contributed by atoms with Crippen molar-refractivity contribution in [2.75, 3.05) is 45.9 Å². The zero-order valence-corrected chi connectivity index (χ0v) is 51.0. The second-order valence-corrected chi connectivity index (χ2v) is 22.4. The summed E-state index contributed by atoms with van der Waals surface area (Å²) in [7, 11) is 0. The SMILES string of the molecule is CCC(C)(C)C(=O)OCCC(=O)N[C@@H](CN)C(=O)N[C@H](C(=O)N[C@@H](CCN)C(=O)N[C@H]1CCNC(=O)[C@H]([C@H](C)O)NC(=O)[C@H](CCCN)NC(=O)[C@H](CCN)NC(=O)[C@H](CC(C)C)NC(=O)[C@@H](Cc2ccccc2)NC(=O)[C@H](CCN)NC1=O)C(C)O. The smallest absolute Gasteiger partial charge is 0.311 e. The predicted molar refractivity (Wildman–Crippen MR) is 318 cm³/mol. The lowest BCUT2D eigenvalue weighted by Crippen LogP contribution is -2.62. The number of hydrogen-bond acceptors (Lipinski definition) is 20. The summed E-state index contributed by atoms with van der Waals surface area (Å²) in [6.07, 6.45) is -4.25. The first-order chi connectivity index (χ1) is 41.1. The lowest BCUT2D eigenvalue weighted by molar-refractivity contribution is -0.154. The molecule has 0 saturated carbocycles. The van der Waals surface area contributed by atoms with Crippen molar-refractivity contribution < 1.29 is 72.5 Å². The van der Waals surface area contributed by atoms with Gasteiger partial charge in [0.2, 0.25) is 65.0 Å². The molecule has 1 fully saturated rings. The van der Waals surface area contributed by atoms with Crippen LogP contribution in [0.2, 0.25) is 0 Å². The van der Waals surface area contributed by atoms with Crippen molar-refractivity contribution in [3.05, 3.63) is 35.9 Å². The van der Waals surface area contributed by atoms with Crippen molar-refractivity contribution in [3.8, 4) is 0 Å². The zero-order chi connectivity index (χ0) is 65.6. The van der Waals surface area contributed by atoms with Gasteiger partial charge in [-0.3, -0.25) is 57.5 Å². The summed E-state index contributed by atoms with van der Waals surface area (Å²) < 4.78 is 5.19. The Balaban J connectivity index is 2.67. The lowest BCUT2D eigenvalue weighted by atomic mass is 9.91. The van der Waals surface area contributed by atoms with Crippen molar-refractivity contribution in [1.29, 1.82) is 0 Å². The minimum absolute atomic E-state index is 0.0365. The fourth-order valence-electron chi connectivity index (χ4n) is 8.67. The molecule has 1 aliphatic rings. The van der Waals surface area contributed by atoms with Gasteiger partial charge in [-0.1, -0.05) is 51.1 Å². The molecule has 2 rings (SSSR count). The Morgan fingerprint density at radius 3 is 1.70 bits per heavy atom. The Kier molecular flexibility index (Phi) is 33.6. The number of esters is 1.